The van der Waals surface area contributed by atoms with Crippen molar-refractivity contribution in [3.05, 3.63) is 65.7 Å². The highest BCUT2D eigenvalue weighted by Gasteiger charge is 2.21. The Morgan fingerprint density at radius 3 is 2.23 bits per heavy atom. The van der Waals surface area contributed by atoms with E-state index in [0.29, 0.717) is 5.75 Å². The number of phenols is 1. The van der Waals surface area contributed by atoms with E-state index in [-0.39, 0.29) is 5.41 Å². The van der Waals surface area contributed by atoms with Crippen LogP contribution in [0.5, 0.6) is 5.75 Å². The summed E-state index contributed by atoms with van der Waals surface area (Å²) in [6.07, 6.45) is 0. The molecule has 1 nitrogen and oxygen atoms in total. The normalized spacial score (nSPS) is 11.8. The summed E-state index contributed by atoms with van der Waals surface area (Å²) in [6, 6.07) is 18.7. The summed E-state index contributed by atoms with van der Waals surface area (Å²) in [4.78, 5) is 0. The molecule has 0 radical (unpaired) electrons. The van der Waals surface area contributed by atoms with E-state index in [4.69, 9.17) is 0 Å². The van der Waals surface area contributed by atoms with Gasteiger partial charge in [0, 0.05) is 11.1 Å². The Morgan fingerprint density at radius 1 is 0.818 bits per heavy atom. The quantitative estimate of drug-likeness (QED) is 0.599. The molecular formula is C21H22O. The predicted octanol–water partition coefficient (Wildman–Crippen LogP) is 5.82. The van der Waals surface area contributed by atoms with Crippen LogP contribution in [0.2, 0.25) is 0 Å². The largest absolute Gasteiger partial charge is 0.507 e. The van der Waals surface area contributed by atoms with Crippen LogP contribution in [0.25, 0.3) is 21.9 Å². The van der Waals surface area contributed by atoms with Gasteiger partial charge in [-0.2, -0.15) is 0 Å². The zero-order chi connectivity index (χ0) is 15.9. The van der Waals surface area contributed by atoms with E-state index >= 15 is 0 Å². The fourth-order valence-electron chi connectivity index (χ4n) is 3.02. The monoisotopic (exact) mass is 290 g/mol. The second-order valence-corrected chi connectivity index (χ2v) is 6.99. The lowest BCUT2D eigenvalue weighted by atomic mass is 9.82. The van der Waals surface area contributed by atoms with E-state index in [0.717, 1.165) is 16.7 Å². The van der Waals surface area contributed by atoms with Gasteiger partial charge >= 0.3 is 0 Å². The minimum absolute atomic E-state index is 0.0879. The highest BCUT2D eigenvalue weighted by atomic mass is 16.3. The maximum Gasteiger partial charge on any atom is 0.127 e. The molecule has 3 aromatic carbocycles. The topological polar surface area (TPSA) is 20.2 Å². The van der Waals surface area contributed by atoms with Gasteiger partial charge in [-0.25, -0.2) is 0 Å². The van der Waals surface area contributed by atoms with Crippen LogP contribution in [0.4, 0.5) is 0 Å². The first-order valence-electron chi connectivity index (χ1n) is 7.70. The van der Waals surface area contributed by atoms with E-state index in [1.807, 2.05) is 12.1 Å². The third kappa shape index (κ3) is 2.48. The fourth-order valence-corrected chi connectivity index (χ4v) is 3.02. The van der Waals surface area contributed by atoms with Gasteiger partial charge in [0.15, 0.2) is 0 Å². The first-order chi connectivity index (χ1) is 10.4. The molecule has 0 aliphatic carbocycles. The van der Waals surface area contributed by atoms with Crippen molar-refractivity contribution in [3.63, 3.8) is 0 Å². The van der Waals surface area contributed by atoms with Gasteiger partial charge < -0.3 is 5.11 Å². The summed E-state index contributed by atoms with van der Waals surface area (Å²) < 4.78 is 0. The van der Waals surface area contributed by atoms with Crippen LogP contribution >= 0.6 is 0 Å². The van der Waals surface area contributed by atoms with Gasteiger partial charge in [-0.15, -0.1) is 0 Å². The molecule has 0 heterocycles. The van der Waals surface area contributed by atoms with Gasteiger partial charge in [0.25, 0.3) is 0 Å². The van der Waals surface area contributed by atoms with E-state index < -0.39 is 0 Å². The van der Waals surface area contributed by atoms with Crippen LogP contribution in [0.3, 0.4) is 0 Å². The molecule has 1 N–H and O–H groups in total. The number of rotatable bonds is 1. The van der Waals surface area contributed by atoms with Crippen molar-refractivity contribution >= 4 is 10.8 Å². The summed E-state index contributed by atoms with van der Waals surface area (Å²) in [5.41, 5.74) is 4.09. The van der Waals surface area contributed by atoms with Crippen LogP contribution in [0.15, 0.2) is 54.6 Å². The van der Waals surface area contributed by atoms with E-state index in [2.05, 4.69) is 70.2 Å². The molecule has 0 amide bonds. The molecule has 3 aromatic rings. The molecule has 0 unspecified atom stereocenters. The van der Waals surface area contributed by atoms with Gasteiger partial charge in [-0.05, 0) is 40.3 Å². The van der Waals surface area contributed by atoms with E-state index in [9.17, 15) is 5.11 Å². The molecule has 0 bridgehead atoms. The van der Waals surface area contributed by atoms with Crippen molar-refractivity contribution in [1.82, 2.24) is 0 Å². The Bertz CT molecular complexity index is 833. The number of aryl methyl sites for hydroxylation is 1. The van der Waals surface area contributed by atoms with Crippen molar-refractivity contribution in [2.45, 2.75) is 33.1 Å². The molecule has 0 saturated heterocycles. The minimum atomic E-state index is -0.0879. The first kappa shape index (κ1) is 14.6. The molecule has 0 saturated carbocycles. The summed E-state index contributed by atoms with van der Waals surface area (Å²) >= 11 is 0. The van der Waals surface area contributed by atoms with Gasteiger partial charge in [0.05, 0.1) is 0 Å². The summed E-state index contributed by atoms with van der Waals surface area (Å²) in [6.45, 7) is 8.49. The Morgan fingerprint density at radius 2 is 1.50 bits per heavy atom. The van der Waals surface area contributed by atoms with Crippen molar-refractivity contribution < 1.29 is 5.11 Å². The third-order valence-electron chi connectivity index (χ3n) is 4.14. The van der Waals surface area contributed by atoms with Crippen molar-refractivity contribution in [2.24, 2.45) is 0 Å². The SMILES string of the molecule is Cc1cc(-c2cccc3ccccc23)c(O)c(C(C)(C)C)c1. The van der Waals surface area contributed by atoms with Crippen molar-refractivity contribution in [3.8, 4) is 16.9 Å². The Balaban J connectivity index is 2.34. The number of fused-ring (bicyclic) bond motifs is 1. The standard InChI is InChI=1S/C21H22O/c1-14-12-18(20(22)19(13-14)21(2,3)4)17-11-7-9-15-8-5-6-10-16(15)17/h5-13,22H,1-4H3. The lowest BCUT2D eigenvalue weighted by Gasteiger charge is -2.23. The summed E-state index contributed by atoms with van der Waals surface area (Å²) in [7, 11) is 0. The number of phenolic OH excluding ortho intramolecular Hbond substituents is 1. The second-order valence-electron chi connectivity index (χ2n) is 6.99. The van der Waals surface area contributed by atoms with E-state index in [1.165, 1.54) is 16.3 Å². The van der Waals surface area contributed by atoms with Gasteiger partial charge in [-0.1, -0.05) is 69.3 Å². The Kier molecular flexibility index (Phi) is 3.44. The molecule has 0 aliphatic heterocycles. The molecule has 0 aliphatic rings. The highest BCUT2D eigenvalue weighted by molar-refractivity contribution is 5.98. The summed E-state index contributed by atoms with van der Waals surface area (Å²) in [5.74, 6) is 0.398. The number of aromatic hydroxyl groups is 1. The van der Waals surface area contributed by atoms with Crippen molar-refractivity contribution in [2.75, 3.05) is 0 Å². The van der Waals surface area contributed by atoms with E-state index in [1.54, 1.807) is 0 Å². The molecule has 1 heteroatoms. The van der Waals surface area contributed by atoms with Gasteiger partial charge in [-0.3, -0.25) is 0 Å². The minimum Gasteiger partial charge on any atom is -0.507 e. The first-order valence-corrected chi connectivity index (χ1v) is 7.70. The number of hydrogen-bond donors (Lipinski definition) is 1. The Labute approximate surface area is 132 Å². The van der Waals surface area contributed by atoms with Crippen molar-refractivity contribution in [1.29, 1.82) is 0 Å². The van der Waals surface area contributed by atoms with Crippen LogP contribution in [-0.4, -0.2) is 5.11 Å². The zero-order valence-electron chi connectivity index (χ0n) is 13.6. The molecular weight excluding hydrogens is 268 g/mol. The average molecular weight is 290 g/mol. The fraction of sp³-hybridized carbons (Fsp3) is 0.238. The van der Waals surface area contributed by atoms with Gasteiger partial charge in [0.2, 0.25) is 0 Å². The molecule has 0 spiro atoms. The maximum atomic E-state index is 10.9. The number of hydrogen-bond acceptors (Lipinski definition) is 1. The second kappa shape index (κ2) is 5.17. The molecule has 0 fully saturated rings. The van der Waals surface area contributed by atoms with Crippen LogP contribution in [0.1, 0.15) is 31.9 Å². The number of benzene rings is 3. The average Bonchev–Trinajstić information content (AvgIpc) is 2.47. The lowest BCUT2D eigenvalue weighted by molar-refractivity contribution is 0.448. The predicted molar refractivity (Wildman–Crippen MR) is 94.5 cm³/mol. The molecule has 0 atom stereocenters. The van der Waals surface area contributed by atoms with Crippen LogP contribution < -0.4 is 0 Å². The van der Waals surface area contributed by atoms with Crippen LogP contribution in [0, 0.1) is 6.92 Å². The molecule has 0 aromatic heterocycles. The third-order valence-corrected chi connectivity index (χ3v) is 4.14. The highest BCUT2D eigenvalue weighted by Crippen LogP contribution is 2.41. The summed E-state index contributed by atoms with van der Waals surface area (Å²) in [5, 5.41) is 13.2. The lowest BCUT2D eigenvalue weighted by Crippen LogP contribution is -2.12. The molecule has 3 rings (SSSR count). The van der Waals surface area contributed by atoms with Crippen LogP contribution in [-0.2, 0) is 5.41 Å². The maximum absolute atomic E-state index is 10.9. The Hall–Kier alpha value is -2.28. The smallest absolute Gasteiger partial charge is 0.127 e. The molecule has 22 heavy (non-hydrogen) atoms. The zero-order valence-corrected chi connectivity index (χ0v) is 13.6. The molecule has 112 valence electrons. The van der Waals surface area contributed by atoms with Gasteiger partial charge in [0.1, 0.15) is 5.75 Å².